The largest absolute Gasteiger partial charge is 0.358 e. The van der Waals surface area contributed by atoms with Crippen LogP contribution >= 0.6 is 0 Å². The zero-order valence-corrected chi connectivity index (χ0v) is 11.4. The van der Waals surface area contributed by atoms with Crippen LogP contribution in [0.1, 0.15) is 13.3 Å². The zero-order valence-electron chi connectivity index (χ0n) is 11.4. The van der Waals surface area contributed by atoms with Gasteiger partial charge in [-0.3, -0.25) is 14.5 Å². The third-order valence-corrected chi connectivity index (χ3v) is 3.14. The fraction of sp³-hybridized carbons (Fsp3) is 0.833. The predicted octanol–water partition coefficient (Wildman–Crippen LogP) is -1.12. The molecule has 1 heterocycles. The first-order valence-corrected chi connectivity index (χ1v) is 6.58. The van der Waals surface area contributed by atoms with Crippen molar-refractivity contribution in [3.05, 3.63) is 0 Å². The van der Waals surface area contributed by atoms with Crippen LogP contribution in [0.15, 0.2) is 0 Å². The third-order valence-electron chi connectivity index (χ3n) is 3.14. The van der Waals surface area contributed by atoms with Gasteiger partial charge in [0.05, 0.1) is 13.1 Å². The van der Waals surface area contributed by atoms with Crippen LogP contribution in [0.25, 0.3) is 0 Å². The Bertz CT molecular complexity index is 275. The SMILES string of the molecule is CCN(CC(=O)NC)CC(=O)N1CCCNCC1. The molecule has 0 unspecified atom stereocenters. The van der Waals surface area contributed by atoms with Crippen LogP contribution in [0.3, 0.4) is 0 Å². The van der Waals surface area contributed by atoms with Crippen molar-refractivity contribution in [2.45, 2.75) is 13.3 Å². The lowest BCUT2D eigenvalue weighted by Crippen LogP contribution is -2.44. The highest BCUT2D eigenvalue weighted by molar-refractivity contribution is 5.81. The van der Waals surface area contributed by atoms with Crippen molar-refractivity contribution in [2.75, 3.05) is 52.9 Å². The first-order valence-electron chi connectivity index (χ1n) is 6.58. The number of hydrogen-bond acceptors (Lipinski definition) is 4. The Balaban J connectivity index is 2.42. The van der Waals surface area contributed by atoms with Gasteiger partial charge in [-0.05, 0) is 19.5 Å². The van der Waals surface area contributed by atoms with E-state index in [1.165, 1.54) is 0 Å². The van der Waals surface area contributed by atoms with E-state index in [2.05, 4.69) is 10.6 Å². The second kappa shape index (κ2) is 8.05. The smallest absolute Gasteiger partial charge is 0.236 e. The molecule has 1 rings (SSSR count). The number of carbonyl (C=O) groups is 2. The maximum Gasteiger partial charge on any atom is 0.236 e. The van der Waals surface area contributed by atoms with Crippen molar-refractivity contribution in [3.8, 4) is 0 Å². The quantitative estimate of drug-likeness (QED) is 0.654. The maximum absolute atomic E-state index is 12.1. The van der Waals surface area contributed by atoms with Gasteiger partial charge in [0.1, 0.15) is 0 Å². The van der Waals surface area contributed by atoms with E-state index in [4.69, 9.17) is 0 Å². The minimum atomic E-state index is -0.0535. The summed E-state index contributed by atoms with van der Waals surface area (Å²) in [6, 6.07) is 0. The second-order valence-electron chi connectivity index (χ2n) is 4.46. The fourth-order valence-corrected chi connectivity index (χ4v) is 1.95. The molecule has 1 aliphatic rings. The molecule has 2 N–H and O–H groups in total. The van der Waals surface area contributed by atoms with Gasteiger partial charge in [0.25, 0.3) is 0 Å². The molecule has 6 nitrogen and oxygen atoms in total. The van der Waals surface area contributed by atoms with Gasteiger partial charge in [-0.25, -0.2) is 0 Å². The number of hydrogen-bond donors (Lipinski definition) is 2. The Kier molecular flexibility index (Phi) is 6.67. The Morgan fingerprint density at radius 2 is 2.06 bits per heavy atom. The summed E-state index contributed by atoms with van der Waals surface area (Å²) in [6.07, 6.45) is 0.993. The highest BCUT2D eigenvalue weighted by Crippen LogP contribution is 1.98. The molecule has 0 aromatic rings. The summed E-state index contributed by atoms with van der Waals surface area (Å²) < 4.78 is 0. The molecule has 104 valence electrons. The topological polar surface area (TPSA) is 64.7 Å². The Morgan fingerprint density at radius 1 is 1.28 bits per heavy atom. The third kappa shape index (κ3) is 5.01. The van der Waals surface area contributed by atoms with Crippen molar-refractivity contribution >= 4 is 11.8 Å². The molecule has 0 bridgehead atoms. The normalized spacial score (nSPS) is 16.5. The van der Waals surface area contributed by atoms with E-state index >= 15 is 0 Å². The average molecular weight is 256 g/mol. The van der Waals surface area contributed by atoms with Crippen LogP contribution in [-0.2, 0) is 9.59 Å². The van der Waals surface area contributed by atoms with Crippen molar-refractivity contribution in [1.29, 1.82) is 0 Å². The van der Waals surface area contributed by atoms with Crippen molar-refractivity contribution < 1.29 is 9.59 Å². The van der Waals surface area contributed by atoms with Crippen LogP contribution in [0.5, 0.6) is 0 Å². The molecule has 0 aliphatic carbocycles. The van der Waals surface area contributed by atoms with E-state index in [0.717, 1.165) is 32.6 Å². The molecule has 0 aromatic heterocycles. The second-order valence-corrected chi connectivity index (χ2v) is 4.46. The lowest BCUT2D eigenvalue weighted by atomic mass is 10.3. The monoisotopic (exact) mass is 256 g/mol. The van der Waals surface area contributed by atoms with Crippen LogP contribution in [0, 0.1) is 0 Å². The maximum atomic E-state index is 12.1. The summed E-state index contributed by atoms with van der Waals surface area (Å²) in [5.41, 5.74) is 0. The lowest BCUT2D eigenvalue weighted by molar-refractivity contribution is -0.132. The van der Waals surface area contributed by atoms with Gasteiger partial charge in [0.15, 0.2) is 0 Å². The van der Waals surface area contributed by atoms with Crippen LogP contribution < -0.4 is 10.6 Å². The standard InChI is InChI=1S/C12H24N4O2/c1-3-15(9-11(17)13-2)10-12(18)16-7-4-5-14-6-8-16/h14H,3-10H2,1-2H3,(H,13,17). The van der Waals surface area contributed by atoms with Gasteiger partial charge in [-0.15, -0.1) is 0 Å². The van der Waals surface area contributed by atoms with E-state index in [0.29, 0.717) is 13.1 Å². The molecular weight excluding hydrogens is 232 g/mol. The molecule has 0 saturated carbocycles. The van der Waals surface area contributed by atoms with E-state index in [1.807, 2.05) is 16.7 Å². The van der Waals surface area contributed by atoms with E-state index < -0.39 is 0 Å². The van der Waals surface area contributed by atoms with Crippen molar-refractivity contribution in [3.63, 3.8) is 0 Å². The molecule has 2 amide bonds. The molecule has 0 atom stereocenters. The summed E-state index contributed by atoms with van der Waals surface area (Å²) in [5, 5.41) is 5.85. The van der Waals surface area contributed by atoms with Crippen LogP contribution in [0.4, 0.5) is 0 Å². The molecule has 18 heavy (non-hydrogen) atoms. The summed E-state index contributed by atoms with van der Waals surface area (Å²) >= 11 is 0. The fourth-order valence-electron chi connectivity index (χ4n) is 1.95. The first-order chi connectivity index (χ1) is 8.67. The summed E-state index contributed by atoms with van der Waals surface area (Å²) in [7, 11) is 1.61. The van der Waals surface area contributed by atoms with Gasteiger partial charge >= 0.3 is 0 Å². The Hall–Kier alpha value is -1.14. The molecular formula is C12H24N4O2. The summed E-state index contributed by atoms with van der Waals surface area (Å²) in [5.74, 6) is 0.0617. The van der Waals surface area contributed by atoms with E-state index in [1.54, 1.807) is 7.05 Å². The summed E-state index contributed by atoms with van der Waals surface area (Å²) in [4.78, 5) is 27.2. The molecule has 1 saturated heterocycles. The average Bonchev–Trinajstić information content (AvgIpc) is 2.66. The molecule has 0 radical (unpaired) electrons. The Labute approximate surface area is 109 Å². The molecule has 1 fully saturated rings. The van der Waals surface area contributed by atoms with Crippen molar-refractivity contribution in [1.82, 2.24) is 20.4 Å². The molecule has 0 spiro atoms. The number of likely N-dealkylation sites (N-methyl/N-ethyl adjacent to an activating group) is 2. The van der Waals surface area contributed by atoms with Gasteiger partial charge in [0.2, 0.25) is 11.8 Å². The van der Waals surface area contributed by atoms with Gasteiger partial charge < -0.3 is 15.5 Å². The van der Waals surface area contributed by atoms with E-state index in [9.17, 15) is 9.59 Å². The van der Waals surface area contributed by atoms with Gasteiger partial charge in [-0.1, -0.05) is 6.92 Å². The number of carbonyl (C=O) groups excluding carboxylic acids is 2. The number of nitrogens with one attached hydrogen (secondary N) is 2. The van der Waals surface area contributed by atoms with Crippen LogP contribution in [0.2, 0.25) is 0 Å². The van der Waals surface area contributed by atoms with Crippen LogP contribution in [-0.4, -0.2) is 74.5 Å². The first kappa shape index (κ1) is 14.9. The van der Waals surface area contributed by atoms with Gasteiger partial charge in [0, 0.05) is 26.7 Å². The minimum Gasteiger partial charge on any atom is -0.358 e. The van der Waals surface area contributed by atoms with E-state index in [-0.39, 0.29) is 18.4 Å². The highest BCUT2D eigenvalue weighted by Gasteiger charge is 2.18. The molecule has 1 aliphatic heterocycles. The molecule has 6 heteroatoms. The van der Waals surface area contributed by atoms with Crippen molar-refractivity contribution in [2.24, 2.45) is 0 Å². The zero-order chi connectivity index (χ0) is 13.4. The number of nitrogens with zero attached hydrogens (tertiary/aromatic N) is 2. The number of rotatable bonds is 5. The minimum absolute atomic E-state index is 0.0535. The predicted molar refractivity (Wildman–Crippen MR) is 70.2 cm³/mol. The summed E-state index contributed by atoms with van der Waals surface area (Å²) in [6.45, 7) is 6.66. The highest BCUT2D eigenvalue weighted by atomic mass is 16.2. The van der Waals surface area contributed by atoms with Gasteiger partial charge in [-0.2, -0.15) is 0 Å². The number of amides is 2. The Morgan fingerprint density at radius 3 is 2.72 bits per heavy atom. The lowest BCUT2D eigenvalue weighted by Gasteiger charge is -2.25. The molecule has 0 aromatic carbocycles.